The first-order valence-electron chi connectivity index (χ1n) is 5.56. The van der Waals surface area contributed by atoms with Gasteiger partial charge in [-0.05, 0) is 52.4 Å². The summed E-state index contributed by atoms with van der Waals surface area (Å²) in [6.45, 7) is 0. The average molecular weight is 285 g/mol. The number of rotatable bonds is 4. The highest BCUT2D eigenvalue weighted by Crippen LogP contribution is 2.39. The van der Waals surface area contributed by atoms with Crippen molar-refractivity contribution in [3.8, 4) is 5.75 Å². The third-order valence-corrected chi connectivity index (χ3v) is 3.96. The predicted octanol–water partition coefficient (Wildman–Crippen LogP) is 2.76. The molecule has 0 aromatic heterocycles. The summed E-state index contributed by atoms with van der Waals surface area (Å²) in [5, 5.41) is 0. The van der Waals surface area contributed by atoms with Gasteiger partial charge in [-0.15, -0.1) is 0 Å². The lowest BCUT2D eigenvalue weighted by atomic mass is 9.77. The van der Waals surface area contributed by atoms with Gasteiger partial charge in [-0.1, -0.05) is 12.5 Å². The summed E-state index contributed by atoms with van der Waals surface area (Å²) >= 11 is 3.50. The zero-order valence-corrected chi connectivity index (χ0v) is 11.0. The van der Waals surface area contributed by atoms with Crippen LogP contribution in [-0.2, 0) is 0 Å². The number of hydrogen-bond acceptors (Lipinski definition) is 3. The molecule has 0 heterocycles. The maximum absolute atomic E-state index is 5.64. The van der Waals surface area contributed by atoms with Crippen molar-refractivity contribution in [1.29, 1.82) is 0 Å². The van der Waals surface area contributed by atoms with Crippen LogP contribution in [0, 0.1) is 5.92 Å². The molecule has 0 aliphatic heterocycles. The molecule has 0 bridgehead atoms. The first-order valence-corrected chi connectivity index (χ1v) is 6.35. The highest BCUT2D eigenvalue weighted by Gasteiger charge is 2.27. The Bertz CT molecular complexity index is 366. The van der Waals surface area contributed by atoms with Gasteiger partial charge < -0.3 is 4.74 Å². The monoisotopic (exact) mass is 284 g/mol. The Morgan fingerprint density at radius 1 is 1.50 bits per heavy atom. The van der Waals surface area contributed by atoms with Crippen LogP contribution < -0.4 is 16.0 Å². The van der Waals surface area contributed by atoms with Gasteiger partial charge >= 0.3 is 0 Å². The van der Waals surface area contributed by atoms with E-state index in [2.05, 4.69) is 33.5 Å². The van der Waals surface area contributed by atoms with E-state index in [1.165, 1.54) is 24.8 Å². The molecule has 3 nitrogen and oxygen atoms in total. The molecule has 2 rings (SSSR count). The van der Waals surface area contributed by atoms with Crippen molar-refractivity contribution >= 4 is 15.9 Å². The largest absolute Gasteiger partial charge is 0.496 e. The third kappa shape index (κ3) is 2.24. The van der Waals surface area contributed by atoms with E-state index < -0.39 is 0 Å². The standard InChI is InChI=1S/C12H17BrN2O/c1-16-11-6-5-9(7-10(11)13)12(15-14)8-3-2-4-8/h5-8,12,15H,2-4,14H2,1H3. The smallest absolute Gasteiger partial charge is 0.133 e. The van der Waals surface area contributed by atoms with E-state index in [1.54, 1.807) is 7.11 Å². The Labute approximate surface area is 104 Å². The van der Waals surface area contributed by atoms with Crippen LogP contribution in [0.15, 0.2) is 22.7 Å². The van der Waals surface area contributed by atoms with Gasteiger partial charge in [0.2, 0.25) is 0 Å². The molecule has 1 atom stereocenters. The maximum Gasteiger partial charge on any atom is 0.133 e. The minimum atomic E-state index is 0.260. The topological polar surface area (TPSA) is 47.3 Å². The van der Waals surface area contributed by atoms with Crippen LogP contribution in [0.5, 0.6) is 5.75 Å². The quantitative estimate of drug-likeness (QED) is 0.660. The summed E-state index contributed by atoms with van der Waals surface area (Å²) in [5.74, 6) is 7.17. The molecule has 1 aromatic carbocycles. The number of ether oxygens (including phenoxy) is 1. The van der Waals surface area contributed by atoms with Crippen LogP contribution in [0.1, 0.15) is 30.9 Å². The minimum absolute atomic E-state index is 0.260. The fourth-order valence-corrected chi connectivity index (χ4v) is 2.71. The van der Waals surface area contributed by atoms with Crippen molar-refractivity contribution in [1.82, 2.24) is 5.43 Å². The number of hydrazine groups is 1. The lowest BCUT2D eigenvalue weighted by molar-refractivity contribution is 0.232. The van der Waals surface area contributed by atoms with Gasteiger partial charge in [-0.25, -0.2) is 0 Å². The number of halogens is 1. The second kappa shape index (κ2) is 5.17. The number of hydrogen-bond donors (Lipinski definition) is 2. The molecular weight excluding hydrogens is 268 g/mol. The summed E-state index contributed by atoms with van der Waals surface area (Å²) in [6.07, 6.45) is 3.84. The van der Waals surface area contributed by atoms with Crippen molar-refractivity contribution in [3.05, 3.63) is 28.2 Å². The molecule has 16 heavy (non-hydrogen) atoms. The Morgan fingerprint density at radius 2 is 2.25 bits per heavy atom. The number of benzene rings is 1. The zero-order valence-electron chi connectivity index (χ0n) is 9.37. The SMILES string of the molecule is COc1ccc(C(NN)C2CCC2)cc1Br. The van der Waals surface area contributed by atoms with Gasteiger partial charge in [-0.3, -0.25) is 11.3 Å². The lowest BCUT2D eigenvalue weighted by Gasteiger charge is -2.33. The molecule has 1 aliphatic rings. The van der Waals surface area contributed by atoms with Gasteiger partial charge in [0, 0.05) is 6.04 Å². The van der Waals surface area contributed by atoms with Crippen molar-refractivity contribution in [2.45, 2.75) is 25.3 Å². The van der Waals surface area contributed by atoms with Gasteiger partial charge in [-0.2, -0.15) is 0 Å². The van der Waals surface area contributed by atoms with Crippen molar-refractivity contribution in [2.24, 2.45) is 11.8 Å². The van der Waals surface area contributed by atoms with Crippen molar-refractivity contribution in [3.63, 3.8) is 0 Å². The molecule has 0 saturated heterocycles. The van der Waals surface area contributed by atoms with Crippen molar-refractivity contribution < 1.29 is 4.74 Å². The van der Waals surface area contributed by atoms with Gasteiger partial charge in [0.1, 0.15) is 5.75 Å². The van der Waals surface area contributed by atoms with E-state index in [-0.39, 0.29) is 6.04 Å². The van der Waals surface area contributed by atoms with E-state index >= 15 is 0 Å². The second-order valence-corrected chi connectivity index (χ2v) is 5.08. The van der Waals surface area contributed by atoms with Crippen LogP contribution in [0.2, 0.25) is 0 Å². The molecule has 1 fully saturated rings. The summed E-state index contributed by atoms with van der Waals surface area (Å²) in [6, 6.07) is 6.40. The number of nitrogens with one attached hydrogen (secondary N) is 1. The first kappa shape index (κ1) is 11.9. The molecular formula is C12H17BrN2O. The molecule has 0 spiro atoms. The van der Waals surface area contributed by atoms with Crippen LogP contribution in [0.4, 0.5) is 0 Å². The second-order valence-electron chi connectivity index (χ2n) is 4.23. The van der Waals surface area contributed by atoms with Crippen LogP contribution in [0.25, 0.3) is 0 Å². The van der Waals surface area contributed by atoms with Gasteiger partial charge in [0.05, 0.1) is 11.6 Å². The van der Waals surface area contributed by atoms with Crippen LogP contribution >= 0.6 is 15.9 Å². The Kier molecular flexibility index (Phi) is 3.84. The molecule has 88 valence electrons. The Balaban J connectivity index is 2.21. The highest BCUT2D eigenvalue weighted by molar-refractivity contribution is 9.10. The Morgan fingerprint density at radius 3 is 2.69 bits per heavy atom. The van der Waals surface area contributed by atoms with Gasteiger partial charge in [0.25, 0.3) is 0 Å². The van der Waals surface area contributed by atoms with E-state index in [0.29, 0.717) is 5.92 Å². The molecule has 0 radical (unpaired) electrons. The molecule has 1 saturated carbocycles. The van der Waals surface area contributed by atoms with Gasteiger partial charge in [0.15, 0.2) is 0 Å². The molecule has 4 heteroatoms. The first-order chi connectivity index (χ1) is 7.76. The average Bonchev–Trinajstić information content (AvgIpc) is 2.23. The fraction of sp³-hybridized carbons (Fsp3) is 0.500. The lowest BCUT2D eigenvalue weighted by Crippen LogP contribution is -2.36. The molecule has 3 N–H and O–H groups in total. The molecule has 1 unspecified atom stereocenters. The molecule has 1 aromatic rings. The van der Waals surface area contributed by atoms with Crippen LogP contribution in [0.3, 0.4) is 0 Å². The van der Waals surface area contributed by atoms with E-state index in [0.717, 1.165) is 10.2 Å². The molecule has 0 amide bonds. The zero-order chi connectivity index (χ0) is 11.5. The summed E-state index contributed by atoms with van der Waals surface area (Å²) in [4.78, 5) is 0. The summed E-state index contributed by atoms with van der Waals surface area (Å²) in [5.41, 5.74) is 4.15. The van der Waals surface area contributed by atoms with Crippen molar-refractivity contribution in [2.75, 3.05) is 7.11 Å². The maximum atomic E-state index is 5.64. The summed E-state index contributed by atoms with van der Waals surface area (Å²) in [7, 11) is 1.67. The number of nitrogens with two attached hydrogens (primary N) is 1. The van der Waals surface area contributed by atoms with E-state index in [1.807, 2.05) is 6.07 Å². The van der Waals surface area contributed by atoms with Crippen LogP contribution in [-0.4, -0.2) is 7.11 Å². The Hall–Kier alpha value is -0.580. The van der Waals surface area contributed by atoms with E-state index in [9.17, 15) is 0 Å². The van der Waals surface area contributed by atoms with E-state index in [4.69, 9.17) is 10.6 Å². The normalized spacial score (nSPS) is 17.9. The minimum Gasteiger partial charge on any atom is -0.496 e. The number of methoxy groups -OCH3 is 1. The summed E-state index contributed by atoms with van der Waals surface area (Å²) < 4.78 is 6.19. The highest BCUT2D eigenvalue weighted by atomic mass is 79.9. The fourth-order valence-electron chi connectivity index (χ4n) is 2.15. The third-order valence-electron chi connectivity index (χ3n) is 3.34. The predicted molar refractivity (Wildman–Crippen MR) is 68.1 cm³/mol. The molecule has 1 aliphatic carbocycles.